The number of hydrogen-bond donors (Lipinski definition) is 1. The summed E-state index contributed by atoms with van der Waals surface area (Å²) in [6.45, 7) is 3.34. The maximum Gasteiger partial charge on any atom is 0.272 e. The Hall–Kier alpha value is -3.58. The zero-order valence-electron chi connectivity index (χ0n) is 17.0. The molecule has 0 fully saturated rings. The summed E-state index contributed by atoms with van der Waals surface area (Å²) in [6, 6.07) is 17.8. The molecule has 1 aliphatic heterocycles. The van der Waals surface area contributed by atoms with Gasteiger partial charge in [0.25, 0.3) is 11.8 Å². The molecule has 0 saturated carbocycles. The van der Waals surface area contributed by atoms with Crippen LogP contribution in [0.15, 0.2) is 76.2 Å². The molecule has 2 aromatic carbocycles. The lowest BCUT2D eigenvalue weighted by Gasteiger charge is -2.15. The summed E-state index contributed by atoms with van der Waals surface area (Å²) in [5, 5.41) is 2.70. The van der Waals surface area contributed by atoms with Gasteiger partial charge in [0.1, 0.15) is 5.76 Å². The summed E-state index contributed by atoms with van der Waals surface area (Å²) in [6.07, 6.45) is 1.58. The molecule has 0 bridgehead atoms. The fraction of sp³-hybridized carbons (Fsp3) is 0.125. The molecule has 0 atom stereocenters. The average molecular weight is 433 g/mol. The first-order chi connectivity index (χ1) is 14.9. The molecule has 6 nitrogen and oxygen atoms in total. The monoisotopic (exact) mass is 432 g/mol. The molecule has 31 heavy (non-hydrogen) atoms. The number of nitrogens with zero attached hydrogens (tertiary/aromatic N) is 1. The van der Waals surface area contributed by atoms with Gasteiger partial charge in [-0.2, -0.15) is 0 Å². The fourth-order valence-electron chi connectivity index (χ4n) is 3.36. The highest BCUT2D eigenvalue weighted by Gasteiger charge is 2.40. The number of carbonyl (C=O) groups excluding carboxylic acids is 3. The molecule has 0 saturated heterocycles. The van der Waals surface area contributed by atoms with E-state index in [1.165, 1.54) is 23.6 Å². The van der Waals surface area contributed by atoms with Crippen molar-refractivity contribution in [3.05, 3.63) is 88.7 Å². The van der Waals surface area contributed by atoms with Crippen molar-refractivity contribution in [2.75, 3.05) is 10.2 Å². The topological polar surface area (TPSA) is 79.6 Å². The number of thioether (sulfide) groups is 1. The maximum atomic E-state index is 13.4. The molecule has 3 aromatic rings. The Labute approximate surface area is 183 Å². The highest BCUT2D eigenvalue weighted by molar-refractivity contribution is 8.03. The predicted octanol–water partition coefficient (Wildman–Crippen LogP) is 4.76. The quantitative estimate of drug-likeness (QED) is 0.568. The van der Waals surface area contributed by atoms with Crippen LogP contribution in [0.5, 0.6) is 0 Å². The minimum absolute atomic E-state index is 0.181. The van der Waals surface area contributed by atoms with E-state index in [2.05, 4.69) is 5.32 Å². The van der Waals surface area contributed by atoms with Gasteiger partial charge in [-0.15, -0.1) is 11.8 Å². The van der Waals surface area contributed by atoms with Crippen LogP contribution in [-0.2, 0) is 20.1 Å². The number of benzene rings is 2. The number of anilines is 2. The summed E-state index contributed by atoms with van der Waals surface area (Å²) in [5.74, 6) is 0.237. The number of amides is 3. The van der Waals surface area contributed by atoms with E-state index in [1.54, 1.807) is 42.7 Å². The number of hydrogen-bond acceptors (Lipinski definition) is 5. The van der Waals surface area contributed by atoms with Gasteiger partial charge < -0.3 is 9.73 Å². The number of carbonyl (C=O) groups is 3. The molecule has 2 heterocycles. The van der Waals surface area contributed by atoms with Crippen molar-refractivity contribution in [1.82, 2.24) is 0 Å². The number of imide groups is 1. The van der Waals surface area contributed by atoms with Crippen molar-refractivity contribution < 1.29 is 18.8 Å². The van der Waals surface area contributed by atoms with E-state index in [0.717, 1.165) is 5.56 Å². The lowest BCUT2D eigenvalue weighted by Crippen LogP contribution is -2.31. The number of nitrogens with one attached hydrogen (secondary N) is 1. The van der Waals surface area contributed by atoms with Crippen LogP contribution in [0.4, 0.5) is 11.4 Å². The second kappa shape index (κ2) is 8.65. The third-order valence-corrected chi connectivity index (χ3v) is 5.83. The Morgan fingerprint density at radius 2 is 1.81 bits per heavy atom. The van der Waals surface area contributed by atoms with E-state index in [-0.39, 0.29) is 17.7 Å². The molecule has 0 unspecified atom stereocenters. The zero-order valence-corrected chi connectivity index (χ0v) is 17.9. The van der Waals surface area contributed by atoms with Crippen molar-refractivity contribution >= 4 is 46.4 Å². The molecular formula is C24H20N2O4S. The molecule has 1 aliphatic rings. The lowest BCUT2D eigenvalue weighted by molar-refractivity contribution is -0.120. The third-order valence-electron chi connectivity index (χ3n) is 4.73. The van der Waals surface area contributed by atoms with Crippen LogP contribution < -0.4 is 10.2 Å². The Morgan fingerprint density at radius 1 is 1.03 bits per heavy atom. The smallest absolute Gasteiger partial charge is 0.272 e. The molecule has 0 aliphatic carbocycles. The molecule has 3 amide bonds. The molecule has 1 aromatic heterocycles. The van der Waals surface area contributed by atoms with Gasteiger partial charge in [0.15, 0.2) is 0 Å². The van der Waals surface area contributed by atoms with Gasteiger partial charge in [0.2, 0.25) is 5.91 Å². The van der Waals surface area contributed by atoms with Gasteiger partial charge in [-0.3, -0.25) is 14.4 Å². The van der Waals surface area contributed by atoms with Crippen molar-refractivity contribution in [2.24, 2.45) is 0 Å². The van der Waals surface area contributed by atoms with Crippen LogP contribution in [-0.4, -0.2) is 17.7 Å². The fourth-order valence-corrected chi connectivity index (χ4v) is 4.38. The van der Waals surface area contributed by atoms with E-state index in [0.29, 0.717) is 38.9 Å². The summed E-state index contributed by atoms with van der Waals surface area (Å²) < 4.78 is 5.38. The Kier molecular flexibility index (Phi) is 5.77. The highest BCUT2D eigenvalue weighted by Crippen LogP contribution is 2.40. The number of aryl methyl sites for hydroxylation is 1. The molecule has 7 heteroatoms. The Balaban J connectivity index is 1.72. The van der Waals surface area contributed by atoms with Gasteiger partial charge in [0, 0.05) is 12.6 Å². The normalized spacial score (nSPS) is 13.8. The van der Waals surface area contributed by atoms with Crippen molar-refractivity contribution in [3.63, 3.8) is 0 Å². The maximum absolute atomic E-state index is 13.4. The average Bonchev–Trinajstić information content (AvgIpc) is 3.33. The standard InChI is InChI=1S/C24H20N2O4S/c1-15-5-3-6-19(13-15)26-23(28)21(17-8-10-18(11-9-17)25-16(2)27)22(24(26)29)31-14-20-7-4-12-30-20/h3-13H,14H2,1-2H3,(H,25,27). The molecular weight excluding hydrogens is 412 g/mol. The SMILES string of the molecule is CC(=O)Nc1ccc(C2=C(SCc3ccco3)C(=O)N(c3cccc(C)c3)C2=O)cc1. The summed E-state index contributed by atoms with van der Waals surface area (Å²) >= 11 is 1.28. The van der Waals surface area contributed by atoms with Crippen LogP contribution in [0.3, 0.4) is 0 Å². The molecule has 4 rings (SSSR count). The van der Waals surface area contributed by atoms with E-state index in [1.807, 2.05) is 31.2 Å². The van der Waals surface area contributed by atoms with Gasteiger partial charge in [-0.1, -0.05) is 24.3 Å². The van der Waals surface area contributed by atoms with Crippen LogP contribution in [0.25, 0.3) is 5.57 Å². The number of furan rings is 1. The minimum Gasteiger partial charge on any atom is -0.468 e. The molecule has 156 valence electrons. The van der Waals surface area contributed by atoms with Crippen LogP contribution in [0, 0.1) is 6.92 Å². The zero-order chi connectivity index (χ0) is 22.0. The minimum atomic E-state index is -0.371. The van der Waals surface area contributed by atoms with Gasteiger partial charge >= 0.3 is 0 Å². The first kappa shape index (κ1) is 20.7. The van der Waals surface area contributed by atoms with E-state index >= 15 is 0 Å². The molecule has 0 radical (unpaired) electrons. The summed E-state index contributed by atoms with van der Waals surface area (Å²) in [7, 11) is 0. The predicted molar refractivity (Wildman–Crippen MR) is 121 cm³/mol. The van der Waals surface area contributed by atoms with E-state index in [9.17, 15) is 14.4 Å². The summed E-state index contributed by atoms with van der Waals surface area (Å²) in [4.78, 5) is 39.6. The molecule has 0 spiro atoms. The van der Waals surface area contributed by atoms with Gasteiger partial charge in [-0.05, 0) is 54.4 Å². The van der Waals surface area contributed by atoms with Crippen molar-refractivity contribution in [2.45, 2.75) is 19.6 Å². The second-order valence-corrected chi connectivity index (χ2v) is 8.10. The van der Waals surface area contributed by atoms with Crippen molar-refractivity contribution in [3.8, 4) is 0 Å². The van der Waals surface area contributed by atoms with Crippen LogP contribution >= 0.6 is 11.8 Å². The van der Waals surface area contributed by atoms with Crippen LogP contribution in [0.1, 0.15) is 23.8 Å². The van der Waals surface area contributed by atoms with Gasteiger partial charge in [0.05, 0.1) is 28.2 Å². The van der Waals surface area contributed by atoms with E-state index < -0.39 is 0 Å². The lowest BCUT2D eigenvalue weighted by atomic mass is 10.1. The van der Waals surface area contributed by atoms with Crippen LogP contribution in [0.2, 0.25) is 0 Å². The molecule has 1 N–H and O–H groups in total. The highest BCUT2D eigenvalue weighted by atomic mass is 32.2. The number of rotatable bonds is 6. The third kappa shape index (κ3) is 4.32. The summed E-state index contributed by atoms with van der Waals surface area (Å²) in [5.41, 5.74) is 3.07. The van der Waals surface area contributed by atoms with Gasteiger partial charge in [-0.25, -0.2) is 4.90 Å². The van der Waals surface area contributed by atoms with Crippen molar-refractivity contribution in [1.29, 1.82) is 0 Å². The largest absolute Gasteiger partial charge is 0.468 e. The second-order valence-electron chi connectivity index (χ2n) is 7.12. The van der Waals surface area contributed by atoms with E-state index in [4.69, 9.17) is 4.42 Å². The Bertz CT molecular complexity index is 1180. The Morgan fingerprint density at radius 3 is 2.45 bits per heavy atom. The first-order valence-corrected chi connectivity index (χ1v) is 10.7. The first-order valence-electron chi connectivity index (χ1n) is 9.67.